The summed E-state index contributed by atoms with van der Waals surface area (Å²) in [4.78, 5) is 0. The third kappa shape index (κ3) is 4.91. The van der Waals surface area contributed by atoms with Gasteiger partial charge in [0.2, 0.25) is 0 Å². The second-order valence-corrected chi connectivity index (χ2v) is 14.2. The van der Waals surface area contributed by atoms with Gasteiger partial charge in [-0.25, -0.2) is 0 Å². The van der Waals surface area contributed by atoms with E-state index >= 15 is 0 Å². The molecule has 0 unspecified atom stereocenters. The fourth-order valence-corrected chi connectivity index (χ4v) is 8.98. The van der Waals surface area contributed by atoms with Crippen molar-refractivity contribution in [1.29, 1.82) is 0 Å². The van der Waals surface area contributed by atoms with Gasteiger partial charge in [-0.2, -0.15) is 0 Å². The first kappa shape index (κ1) is 32.8. The number of anilines is 4. The summed E-state index contributed by atoms with van der Waals surface area (Å²) in [5, 5.41) is 0. The maximum absolute atomic E-state index is 6.00. The Labute approximate surface area is 316 Å². The molecular weight excluding hydrogens is 657 g/mol. The molecule has 2 aliphatic carbocycles. The average molecular weight is 697 g/mol. The van der Waals surface area contributed by atoms with Crippen molar-refractivity contribution in [2.24, 2.45) is 0 Å². The van der Waals surface area contributed by atoms with Crippen LogP contribution in [0, 0.1) is 0 Å². The smallest absolute Gasteiger partial charge is 0.0713 e. The summed E-state index contributed by atoms with van der Waals surface area (Å²) in [6.07, 6.45) is 0. The van der Waals surface area contributed by atoms with E-state index < -0.39 is 0 Å². The zero-order chi connectivity index (χ0) is 36.9. The molecule has 0 saturated heterocycles. The lowest BCUT2D eigenvalue weighted by Crippen LogP contribution is -2.28. The van der Waals surface area contributed by atoms with Crippen molar-refractivity contribution in [3.63, 3.8) is 0 Å². The first-order chi connectivity index (χ1) is 26.4. The van der Waals surface area contributed by atoms with Crippen molar-refractivity contribution in [2.45, 2.75) is 10.8 Å². The summed E-state index contributed by atoms with van der Waals surface area (Å²) < 4.78 is 0. The molecule has 0 bridgehead atoms. The number of rotatable bonds is 4. The highest BCUT2D eigenvalue weighted by Crippen LogP contribution is 2.57. The molecule has 0 fully saturated rings. The first-order valence-corrected chi connectivity index (χ1v) is 18.2. The molecule has 8 aromatic carbocycles. The number of benzene rings is 8. The molecule has 2 aliphatic rings. The predicted molar refractivity (Wildman–Crippen MR) is 225 cm³/mol. The SMILES string of the molecule is Nc1ccc(C2(c3ccc(N)cc3)c3ccccc3-c3ccccc32)cc1.Nc1ccc(C2(c3ccc(N)cc3)c3ccccc3-c3ccccc32)cc1. The maximum atomic E-state index is 6.00. The molecule has 0 saturated carbocycles. The lowest BCUT2D eigenvalue weighted by molar-refractivity contribution is 0.769. The Kier molecular flexibility index (Phi) is 7.83. The van der Waals surface area contributed by atoms with Crippen LogP contribution in [0.25, 0.3) is 22.3 Å². The molecule has 0 atom stereocenters. The molecule has 8 aromatic rings. The van der Waals surface area contributed by atoms with Crippen LogP contribution in [-0.4, -0.2) is 0 Å². The molecule has 0 amide bonds. The minimum absolute atomic E-state index is 0.380. The van der Waals surface area contributed by atoms with Crippen molar-refractivity contribution in [1.82, 2.24) is 0 Å². The Morgan fingerprint density at radius 3 is 0.611 bits per heavy atom. The van der Waals surface area contributed by atoms with Gasteiger partial charge in [-0.1, -0.05) is 146 Å². The van der Waals surface area contributed by atoms with E-state index in [4.69, 9.17) is 22.9 Å². The van der Waals surface area contributed by atoms with Crippen molar-refractivity contribution < 1.29 is 0 Å². The van der Waals surface area contributed by atoms with Crippen molar-refractivity contribution in [3.05, 3.63) is 239 Å². The zero-order valence-electron chi connectivity index (χ0n) is 29.8. The summed E-state index contributed by atoms with van der Waals surface area (Å²) >= 11 is 0. The number of nitrogen functional groups attached to an aromatic ring is 4. The van der Waals surface area contributed by atoms with Gasteiger partial charge < -0.3 is 22.9 Å². The minimum atomic E-state index is -0.380. The average Bonchev–Trinajstić information content (AvgIpc) is 3.68. The molecule has 0 radical (unpaired) electrons. The summed E-state index contributed by atoms with van der Waals surface area (Å²) in [5.41, 5.74) is 41.4. The van der Waals surface area contributed by atoms with E-state index in [2.05, 4.69) is 146 Å². The minimum Gasteiger partial charge on any atom is -0.399 e. The van der Waals surface area contributed by atoms with E-state index in [0.29, 0.717) is 0 Å². The molecule has 4 heteroatoms. The summed E-state index contributed by atoms with van der Waals surface area (Å²) in [6, 6.07) is 67.7. The number of hydrogen-bond acceptors (Lipinski definition) is 4. The van der Waals surface area contributed by atoms with Gasteiger partial charge in [-0.15, -0.1) is 0 Å². The van der Waals surface area contributed by atoms with Crippen LogP contribution in [0.1, 0.15) is 44.5 Å². The van der Waals surface area contributed by atoms with E-state index in [0.717, 1.165) is 22.7 Å². The van der Waals surface area contributed by atoms with Crippen LogP contribution in [0.2, 0.25) is 0 Å². The Bertz CT molecular complexity index is 2250. The molecule has 54 heavy (non-hydrogen) atoms. The normalized spacial score (nSPS) is 13.8. The van der Waals surface area contributed by atoms with E-state index in [9.17, 15) is 0 Å². The van der Waals surface area contributed by atoms with Gasteiger partial charge in [0.1, 0.15) is 0 Å². The topological polar surface area (TPSA) is 104 Å². The van der Waals surface area contributed by atoms with Gasteiger partial charge in [0.15, 0.2) is 0 Å². The Balaban J connectivity index is 0.000000142. The molecule has 0 aromatic heterocycles. The summed E-state index contributed by atoms with van der Waals surface area (Å²) in [6.45, 7) is 0. The number of nitrogens with two attached hydrogens (primary N) is 4. The third-order valence-corrected chi connectivity index (χ3v) is 11.3. The highest BCUT2D eigenvalue weighted by molar-refractivity contribution is 5.87. The molecule has 0 spiro atoms. The third-order valence-electron chi connectivity index (χ3n) is 11.3. The Morgan fingerprint density at radius 2 is 0.407 bits per heavy atom. The van der Waals surface area contributed by atoms with Crippen LogP contribution in [0.4, 0.5) is 22.7 Å². The predicted octanol–water partition coefficient (Wildman–Crippen LogP) is 10.4. The van der Waals surface area contributed by atoms with Crippen LogP contribution >= 0.6 is 0 Å². The molecular formula is C50H40N4. The van der Waals surface area contributed by atoms with E-state index in [-0.39, 0.29) is 10.8 Å². The van der Waals surface area contributed by atoms with Gasteiger partial charge in [0, 0.05) is 22.7 Å². The Hall–Kier alpha value is -7.04. The lowest BCUT2D eigenvalue weighted by atomic mass is 9.67. The Morgan fingerprint density at radius 1 is 0.222 bits per heavy atom. The second-order valence-electron chi connectivity index (χ2n) is 14.2. The van der Waals surface area contributed by atoms with Gasteiger partial charge in [-0.05, 0) is 115 Å². The van der Waals surface area contributed by atoms with Crippen LogP contribution in [0.5, 0.6) is 0 Å². The molecule has 0 heterocycles. The lowest BCUT2D eigenvalue weighted by Gasteiger charge is -2.34. The summed E-state index contributed by atoms with van der Waals surface area (Å²) in [5.74, 6) is 0. The van der Waals surface area contributed by atoms with Gasteiger partial charge in [0.25, 0.3) is 0 Å². The van der Waals surface area contributed by atoms with Gasteiger partial charge in [-0.3, -0.25) is 0 Å². The van der Waals surface area contributed by atoms with Crippen LogP contribution in [0.15, 0.2) is 194 Å². The monoisotopic (exact) mass is 696 g/mol. The second kappa shape index (κ2) is 12.9. The van der Waals surface area contributed by atoms with Crippen LogP contribution < -0.4 is 22.9 Å². The van der Waals surface area contributed by atoms with Gasteiger partial charge >= 0.3 is 0 Å². The number of fused-ring (bicyclic) bond motifs is 6. The van der Waals surface area contributed by atoms with E-state index in [1.807, 2.05) is 48.5 Å². The maximum Gasteiger partial charge on any atom is 0.0713 e. The van der Waals surface area contributed by atoms with E-state index in [1.54, 1.807) is 0 Å². The molecule has 10 rings (SSSR count). The molecule has 0 aliphatic heterocycles. The fraction of sp³-hybridized carbons (Fsp3) is 0.0400. The van der Waals surface area contributed by atoms with Crippen molar-refractivity contribution in [3.8, 4) is 22.3 Å². The fourth-order valence-electron chi connectivity index (χ4n) is 8.98. The summed E-state index contributed by atoms with van der Waals surface area (Å²) in [7, 11) is 0. The number of hydrogen-bond donors (Lipinski definition) is 4. The van der Waals surface area contributed by atoms with Gasteiger partial charge in [0.05, 0.1) is 10.8 Å². The van der Waals surface area contributed by atoms with Crippen LogP contribution in [-0.2, 0) is 10.8 Å². The highest BCUT2D eigenvalue weighted by atomic mass is 14.6. The standard InChI is InChI=1S/2C25H20N2/c2*26-19-13-9-17(10-14-19)25(18-11-15-20(27)16-12-18)23-7-3-1-5-21(23)22-6-2-4-8-24(22)25/h2*1-16H,26-27H2. The first-order valence-electron chi connectivity index (χ1n) is 18.2. The zero-order valence-corrected chi connectivity index (χ0v) is 29.8. The van der Waals surface area contributed by atoms with Crippen LogP contribution in [0.3, 0.4) is 0 Å². The highest BCUT2D eigenvalue weighted by Gasteiger charge is 2.47. The molecule has 260 valence electrons. The largest absolute Gasteiger partial charge is 0.399 e. The molecule has 8 N–H and O–H groups in total. The quantitative estimate of drug-likeness (QED) is 0.138. The molecule has 4 nitrogen and oxygen atoms in total. The van der Waals surface area contributed by atoms with Crippen molar-refractivity contribution >= 4 is 22.7 Å². The van der Waals surface area contributed by atoms with E-state index in [1.165, 1.54) is 66.8 Å². The van der Waals surface area contributed by atoms with Crippen molar-refractivity contribution in [2.75, 3.05) is 22.9 Å².